The van der Waals surface area contributed by atoms with Gasteiger partial charge in [-0.1, -0.05) is 17.7 Å². The average Bonchev–Trinajstić information content (AvgIpc) is 2.56. The number of nitrogens with one attached hydrogen (secondary N) is 2. The quantitative estimate of drug-likeness (QED) is 0.758. The zero-order valence-electron chi connectivity index (χ0n) is 14.8. The molecule has 0 unspecified atom stereocenters. The van der Waals surface area contributed by atoms with Crippen LogP contribution in [0.25, 0.3) is 0 Å². The molecule has 0 saturated carbocycles. The van der Waals surface area contributed by atoms with E-state index < -0.39 is 0 Å². The van der Waals surface area contributed by atoms with Crippen LogP contribution in [-0.4, -0.2) is 45.0 Å². The fourth-order valence-corrected chi connectivity index (χ4v) is 2.48. The summed E-state index contributed by atoms with van der Waals surface area (Å²) >= 11 is 6.00. The number of nitrogens with zero attached hydrogens (tertiary/aromatic N) is 1. The van der Waals surface area contributed by atoms with Crippen molar-refractivity contribution in [2.45, 2.75) is 6.54 Å². The van der Waals surface area contributed by atoms with Gasteiger partial charge in [-0.15, -0.1) is 0 Å². The molecule has 2 aromatic carbocycles. The summed E-state index contributed by atoms with van der Waals surface area (Å²) in [6, 6.07) is 12.7. The Morgan fingerprint density at radius 3 is 2.68 bits per heavy atom. The Labute approximate surface area is 153 Å². The summed E-state index contributed by atoms with van der Waals surface area (Å²) in [7, 11) is 5.80. The first-order valence-corrected chi connectivity index (χ1v) is 8.51. The topological polar surface area (TPSA) is 53.6 Å². The van der Waals surface area contributed by atoms with Gasteiger partial charge in [-0.2, -0.15) is 0 Å². The Kier molecular flexibility index (Phi) is 7.25. The lowest BCUT2D eigenvalue weighted by Crippen LogP contribution is -2.31. The molecule has 0 spiro atoms. The van der Waals surface area contributed by atoms with Crippen molar-refractivity contribution in [2.75, 3.05) is 34.2 Å². The van der Waals surface area contributed by atoms with Gasteiger partial charge >= 0.3 is 0 Å². The largest absolute Gasteiger partial charge is 0.457 e. The van der Waals surface area contributed by atoms with E-state index in [-0.39, 0.29) is 5.91 Å². The second-order valence-corrected chi connectivity index (χ2v) is 6.41. The Hall–Kier alpha value is -2.08. The second-order valence-electron chi connectivity index (χ2n) is 5.97. The number of hydrogen-bond donors (Lipinski definition) is 2. The molecule has 0 fully saturated rings. The molecule has 0 atom stereocenters. The lowest BCUT2D eigenvalue weighted by molar-refractivity contribution is 0.0951. The number of carbonyl (C=O) groups excluding carboxylic acids is 1. The molecule has 0 bridgehead atoms. The molecule has 1 amide bonds. The van der Waals surface area contributed by atoms with Crippen LogP contribution in [0.2, 0.25) is 5.02 Å². The van der Waals surface area contributed by atoms with Gasteiger partial charge in [0.1, 0.15) is 11.5 Å². The van der Waals surface area contributed by atoms with Crippen LogP contribution < -0.4 is 15.4 Å². The zero-order valence-corrected chi connectivity index (χ0v) is 15.6. The molecule has 0 aromatic heterocycles. The van der Waals surface area contributed by atoms with E-state index in [0.29, 0.717) is 35.2 Å². The molecule has 5 nitrogen and oxygen atoms in total. The Morgan fingerprint density at radius 2 is 2.00 bits per heavy atom. The van der Waals surface area contributed by atoms with Crippen LogP contribution in [0.15, 0.2) is 42.5 Å². The third kappa shape index (κ3) is 6.05. The summed E-state index contributed by atoms with van der Waals surface area (Å²) in [6.07, 6.45) is 0. The number of amides is 1. The van der Waals surface area contributed by atoms with Crippen LogP contribution in [0.1, 0.15) is 15.9 Å². The molecule has 0 saturated heterocycles. The third-order valence-corrected chi connectivity index (χ3v) is 3.79. The highest BCUT2D eigenvalue weighted by Gasteiger charge is 2.11. The molecule has 2 aromatic rings. The van der Waals surface area contributed by atoms with Gasteiger partial charge in [0.05, 0.1) is 0 Å². The van der Waals surface area contributed by atoms with Crippen molar-refractivity contribution in [2.24, 2.45) is 0 Å². The van der Waals surface area contributed by atoms with Gasteiger partial charge in [-0.25, -0.2) is 0 Å². The summed E-state index contributed by atoms with van der Waals surface area (Å²) in [4.78, 5) is 14.3. The van der Waals surface area contributed by atoms with E-state index in [4.69, 9.17) is 16.3 Å². The maximum atomic E-state index is 12.3. The van der Waals surface area contributed by atoms with Gasteiger partial charge in [0, 0.05) is 35.8 Å². The van der Waals surface area contributed by atoms with Crippen LogP contribution in [0.5, 0.6) is 11.5 Å². The van der Waals surface area contributed by atoms with Crippen LogP contribution in [-0.2, 0) is 6.54 Å². The Balaban J connectivity index is 2.14. The van der Waals surface area contributed by atoms with Crippen molar-refractivity contribution in [3.8, 4) is 11.5 Å². The molecule has 0 aliphatic heterocycles. The lowest BCUT2D eigenvalue weighted by atomic mass is 10.1. The summed E-state index contributed by atoms with van der Waals surface area (Å²) in [5, 5.41) is 6.63. The molecule has 6 heteroatoms. The van der Waals surface area contributed by atoms with Crippen LogP contribution in [0.3, 0.4) is 0 Å². The highest BCUT2D eigenvalue weighted by Crippen LogP contribution is 2.28. The second kappa shape index (κ2) is 9.42. The van der Waals surface area contributed by atoms with Gasteiger partial charge < -0.3 is 20.3 Å². The summed E-state index contributed by atoms with van der Waals surface area (Å²) in [5.41, 5.74) is 1.52. The fraction of sp³-hybridized carbons (Fsp3) is 0.316. The SMILES string of the molecule is CNCc1cc(C(=O)NCCN(C)C)ccc1Oc1cccc(Cl)c1. The van der Waals surface area contributed by atoms with E-state index in [1.165, 1.54) is 0 Å². The average molecular weight is 362 g/mol. The number of rotatable bonds is 8. The van der Waals surface area contributed by atoms with Gasteiger partial charge in [-0.3, -0.25) is 4.79 Å². The number of carbonyl (C=O) groups is 1. The van der Waals surface area contributed by atoms with E-state index in [1.54, 1.807) is 18.2 Å². The highest BCUT2D eigenvalue weighted by atomic mass is 35.5. The molecular weight excluding hydrogens is 338 g/mol. The molecule has 134 valence electrons. The fourth-order valence-electron chi connectivity index (χ4n) is 2.30. The van der Waals surface area contributed by atoms with E-state index >= 15 is 0 Å². The minimum absolute atomic E-state index is 0.0893. The highest BCUT2D eigenvalue weighted by molar-refractivity contribution is 6.30. The molecule has 2 rings (SSSR count). The Bertz CT molecular complexity index is 720. The minimum atomic E-state index is -0.0893. The van der Waals surface area contributed by atoms with E-state index in [9.17, 15) is 4.79 Å². The maximum Gasteiger partial charge on any atom is 0.251 e. The maximum absolute atomic E-state index is 12.3. The van der Waals surface area contributed by atoms with Crippen molar-refractivity contribution in [1.82, 2.24) is 15.5 Å². The van der Waals surface area contributed by atoms with Crippen LogP contribution >= 0.6 is 11.6 Å². The number of hydrogen-bond acceptors (Lipinski definition) is 4. The summed E-state index contributed by atoms with van der Waals surface area (Å²) < 4.78 is 5.93. The van der Waals surface area contributed by atoms with E-state index in [1.807, 2.05) is 50.3 Å². The van der Waals surface area contributed by atoms with Gasteiger partial charge in [0.2, 0.25) is 0 Å². The summed E-state index contributed by atoms with van der Waals surface area (Å²) in [5.74, 6) is 1.27. The predicted octanol–water partition coefficient (Wildman–Crippen LogP) is 3.14. The molecule has 25 heavy (non-hydrogen) atoms. The van der Waals surface area contributed by atoms with Crippen LogP contribution in [0, 0.1) is 0 Å². The molecular formula is C19H24ClN3O2. The molecule has 2 N–H and O–H groups in total. The van der Waals surface area contributed by atoms with Crippen molar-refractivity contribution in [1.29, 1.82) is 0 Å². The molecule has 0 radical (unpaired) electrons. The smallest absolute Gasteiger partial charge is 0.251 e. The number of likely N-dealkylation sites (N-methyl/N-ethyl adjacent to an activating group) is 1. The Morgan fingerprint density at radius 1 is 1.20 bits per heavy atom. The first kappa shape index (κ1) is 19.2. The van der Waals surface area contributed by atoms with Crippen molar-refractivity contribution >= 4 is 17.5 Å². The van der Waals surface area contributed by atoms with E-state index in [0.717, 1.165) is 12.1 Å². The summed E-state index contributed by atoms with van der Waals surface area (Å²) in [6.45, 7) is 1.99. The normalized spacial score (nSPS) is 10.8. The van der Waals surface area contributed by atoms with Crippen molar-refractivity contribution in [3.63, 3.8) is 0 Å². The van der Waals surface area contributed by atoms with E-state index in [2.05, 4.69) is 10.6 Å². The van der Waals surface area contributed by atoms with Gasteiger partial charge in [0.15, 0.2) is 0 Å². The number of benzene rings is 2. The minimum Gasteiger partial charge on any atom is -0.457 e. The first-order chi connectivity index (χ1) is 12.0. The number of ether oxygens (including phenoxy) is 1. The first-order valence-electron chi connectivity index (χ1n) is 8.13. The number of halogens is 1. The van der Waals surface area contributed by atoms with Gasteiger partial charge in [0.25, 0.3) is 5.91 Å². The monoisotopic (exact) mass is 361 g/mol. The molecule has 0 aliphatic rings. The van der Waals surface area contributed by atoms with Crippen molar-refractivity contribution < 1.29 is 9.53 Å². The third-order valence-electron chi connectivity index (χ3n) is 3.56. The molecule has 0 aliphatic carbocycles. The molecule has 0 heterocycles. The zero-order chi connectivity index (χ0) is 18.2. The lowest BCUT2D eigenvalue weighted by Gasteiger charge is -2.14. The standard InChI is InChI=1S/C19H24ClN3O2/c1-21-13-15-11-14(19(24)22-9-10-23(2)3)7-8-18(15)25-17-6-4-5-16(20)12-17/h4-8,11-12,21H,9-10,13H2,1-3H3,(H,22,24). The predicted molar refractivity (Wildman–Crippen MR) is 102 cm³/mol. The van der Waals surface area contributed by atoms with Crippen LogP contribution in [0.4, 0.5) is 0 Å². The van der Waals surface area contributed by atoms with Crippen molar-refractivity contribution in [3.05, 3.63) is 58.6 Å². The van der Waals surface area contributed by atoms with Gasteiger partial charge in [-0.05, 0) is 57.5 Å².